The van der Waals surface area contributed by atoms with Gasteiger partial charge in [-0.3, -0.25) is 0 Å². The van der Waals surface area contributed by atoms with Gasteiger partial charge in [-0.2, -0.15) is 0 Å². The summed E-state index contributed by atoms with van der Waals surface area (Å²) >= 11 is 0. The Morgan fingerprint density at radius 3 is 0.566 bits per heavy atom. The molecule has 0 unspecified atom stereocenters. The van der Waals surface area contributed by atoms with E-state index in [0.29, 0.717) is 11.5 Å². The first-order chi connectivity index (χ1) is 26.2. The fourth-order valence-electron chi connectivity index (χ4n) is 6.09. The number of anilines is 6. The molecule has 0 heterocycles. The number of nitrogens with zero attached hydrogens (tertiary/aromatic N) is 2. The van der Waals surface area contributed by atoms with Crippen LogP contribution in [0.5, 0.6) is 34.5 Å². The summed E-state index contributed by atoms with van der Waals surface area (Å²) in [4.78, 5) is 4.44. The lowest BCUT2D eigenvalue weighted by atomic mass is 10.2. The molecule has 0 bridgehead atoms. The zero-order chi connectivity index (χ0) is 35.7. The van der Waals surface area contributed by atoms with Gasteiger partial charge in [-0.15, -0.1) is 0 Å². The van der Waals surface area contributed by atoms with Gasteiger partial charge >= 0.3 is 0 Å². The maximum Gasteiger partial charge on any atom is 0.127 e. The van der Waals surface area contributed by atoms with Gasteiger partial charge < -0.3 is 24.0 Å². The van der Waals surface area contributed by atoms with Crippen molar-refractivity contribution in [2.24, 2.45) is 0 Å². The number of para-hydroxylation sites is 4. The van der Waals surface area contributed by atoms with Gasteiger partial charge in [0.2, 0.25) is 0 Å². The highest BCUT2D eigenvalue weighted by molar-refractivity contribution is 5.77. The van der Waals surface area contributed by atoms with Crippen LogP contribution in [0.2, 0.25) is 0 Å². The van der Waals surface area contributed by atoms with Crippen LogP contribution in [-0.2, 0) is 0 Å². The normalized spacial score (nSPS) is 10.6. The molecule has 0 aliphatic rings. The molecule has 0 aliphatic heterocycles. The van der Waals surface area contributed by atoms with Crippen molar-refractivity contribution in [3.8, 4) is 34.5 Å². The van der Waals surface area contributed by atoms with E-state index in [2.05, 4.69) is 82.6 Å². The number of ether oxygens (including phenoxy) is 3. The Morgan fingerprint density at radius 1 is 0.189 bits per heavy atom. The minimum Gasteiger partial charge on any atom is -0.457 e. The summed E-state index contributed by atoms with van der Waals surface area (Å²) in [6, 6.07) is 72.8. The van der Waals surface area contributed by atoms with E-state index in [-0.39, 0.29) is 0 Å². The maximum atomic E-state index is 6.17. The quantitative estimate of drug-likeness (QED) is 0.128. The SMILES string of the molecule is c1ccc(N(c2ccccc2)c2ccc(Oc3ccc(Oc4ccc(Oc5ccc(N(c6ccccc6)c6ccccc6)cc5)cc4)cc3)cc2)cc1. The fourth-order valence-corrected chi connectivity index (χ4v) is 6.09. The van der Waals surface area contributed by atoms with Crippen LogP contribution in [0.3, 0.4) is 0 Å². The van der Waals surface area contributed by atoms with Crippen LogP contribution in [0, 0.1) is 0 Å². The third-order valence-electron chi connectivity index (χ3n) is 8.60. The lowest BCUT2D eigenvalue weighted by molar-refractivity contribution is 0.464. The standard InChI is InChI=1S/C48H36N2O3/c1-5-13-37(14-6-1)49(38-15-7-2-8-16-38)41-21-25-43(26-22-41)51-45-29-33-47(34-30-45)53-48-35-31-46(32-36-48)52-44-27-23-42(24-28-44)50(39-17-9-3-10-18-39)40-19-11-4-12-20-40/h1-36H. The second-order valence-corrected chi connectivity index (χ2v) is 12.2. The maximum absolute atomic E-state index is 6.17. The van der Waals surface area contributed by atoms with Crippen molar-refractivity contribution in [3.63, 3.8) is 0 Å². The predicted octanol–water partition coefficient (Wildman–Crippen LogP) is 14.0. The molecular weight excluding hydrogens is 653 g/mol. The summed E-state index contributed by atoms with van der Waals surface area (Å²) in [6.07, 6.45) is 0. The van der Waals surface area contributed by atoms with Gasteiger partial charge in [0.15, 0.2) is 0 Å². The van der Waals surface area contributed by atoms with Crippen molar-refractivity contribution < 1.29 is 14.2 Å². The van der Waals surface area contributed by atoms with Gasteiger partial charge in [0, 0.05) is 34.1 Å². The Balaban J connectivity index is 0.882. The molecule has 0 atom stereocenters. The van der Waals surface area contributed by atoms with Gasteiger partial charge in [-0.25, -0.2) is 0 Å². The summed E-state index contributed by atoms with van der Waals surface area (Å²) in [5.74, 6) is 4.35. The Hall–Kier alpha value is -7.24. The van der Waals surface area contributed by atoms with Crippen LogP contribution in [0.25, 0.3) is 0 Å². The molecule has 5 nitrogen and oxygen atoms in total. The Kier molecular flexibility index (Phi) is 9.79. The van der Waals surface area contributed by atoms with Crippen molar-refractivity contribution in [3.05, 3.63) is 218 Å². The van der Waals surface area contributed by atoms with Crippen LogP contribution < -0.4 is 24.0 Å². The highest BCUT2D eigenvalue weighted by Gasteiger charge is 2.13. The van der Waals surface area contributed by atoms with Crippen molar-refractivity contribution >= 4 is 34.1 Å². The van der Waals surface area contributed by atoms with Crippen LogP contribution in [-0.4, -0.2) is 0 Å². The van der Waals surface area contributed by atoms with Crippen molar-refractivity contribution in [1.82, 2.24) is 0 Å². The van der Waals surface area contributed by atoms with Crippen molar-refractivity contribution in [1.29, 1.82) is 0 Å². The van der Waals surface area contributed by atoms with E-state index in [1.165, 1.54) is 0 Å². The Morgan fingerprint density at radius 2 is 0.358 bits per heavy atom. The van der Waals surface area contributed by atoms with E-state index < -0.39 is 0 Å². The lowest BCUT2D eigenvalue weighted by Gasteiger charge is -2.25. The van der Waals surface area contributed by atoms with Crippen molar-refractivity contribution in [2.45, 2.75) is 0 Å². The second kappa shape index (κ2) is 15.8. The Labute approximate surface area is 310 Å². The number of hydrogen-bond acceptors (Lipinski definition) is 5. The highest BCUT2D eigenvalue weighted by Crippen LogP contribution is 2.37. The predicted molar refractivity (Wildman–Crippen MR) is 215 cm³/mol. The molecule has 0 spiro atoms. The molecule has 8 rings (SSSR count). The van der Waals surface area contributed by atoms with Crippen LogP contribution in [0.4, 0.5) is 34.1 Å². The van der Waals surface area contributed by atoms with Crippen LogP contribution in [0.15, 0.2) is 218 Å². The van der Waals surface area contributed by atoms with Crippen molar-refractivity contribution in [2.75, 3.05) is 9.80 Å². The molecule has 8 aromatic rings. The summed E-state index contributed by atoms with van der Waals surface area (Å²) in [5, 5.41) is 0. The zero-order valence-corrected chi connectivity index (χ0v) is 28.9. The van der Waals surface area contributed by atoms with E-state index in [1.807, 2.05) is 146 Å². The lowest BCUT2D eigenvalue weighted by Crippen LogP contribution is -2.09. The molecule has 8 aromatic carbocycles. The van der Waals surface area contributed by atoms with E-state index in [0.717, 1.165) is 57.1 Å². The first-order valence-corrected chi connectivity index (χ1v) is 17.5. The molecule has 5 heteroatoms. The summed E-state index contributed by atoms with van der Waals surface area (Å²) in [5.41, 5.74) is 6.44. The van der Waals surface area contributed by atoms with Gasteiger partial charge in [-0.05, 0) is 146 Å². The largest absolute Gasteiger partial charge is 0.457 e. The van der Waals surface area contributed by atoms with Crippen LogP contribution in [0.1, 0.15) is 0 Å². The average molecular weight is 689 g/mol. The van der Waals surface area contributed by atoms with E-state index in [1.54, 1.807) is 0 Å². The first-order valence-electron chi connectivity index (χ1n) is 17.5. The fraction of sp³-hybridized carbons (Fsp3) is 0. The van der Waals surface area contributed by atoms with Gasteiger partial charge in [0.1, 0.15) is 34.5 Å². The van der Waals surface area contributed by atoms with Crippen LogP contribution >= 0.6 is 0 Å². The molecular formula is C48H36N2O3. The molecule has 256 valence electrons. The first kappa shape index (κ1) is 32.9. The Bertz CT molecular complexity index is 2070. The summed E-state index contributed by atoms with van der Waals surface area (Å²) in [6.45, 7) is 0. The van der Waals surface area contributed by atoms with Gasteiger partial charge in [0.25, 0.3) is 0 Å². The van der Waals surface area contributed by atoms with Gasteiger partial charge in [-0.1, -0.05) is 72.8 Å². The molecule has 0 saturated heterocycles. The zero-order valence-electron chi connectivity index (χ0n) is 28.9. The van der Waals surface area contributed by atoms with E-state index in [4.69, 9.17) is 14.2 Å². The van der Waals surface area contributed by atoms with Gasteiger partial charge in [0.05, 0.1) is 0 Å². The summed E-state index contributed by atoms with van der Waals surface area (Å²) in [7, 11) is 0. The molecule has 0 aromatic heterocycles. The highest BCUT2D eigenvalue weighted by atomic mass is 16.5. The molecule has 0 radical (unpaired) electrons. The van der Waals surface area contributed by atoms with E-state index in [9.17, 15) is 0 Å². The molecule has 0 aliphatic carbocycles. The topological polar surface area (TPSA) is 34.2 Å². The van der Waals surface area contributed by atoms with E-state index >= 15 is 0 Å². The monoisotopic (exact) mass is 688 g/mol. The number of rotatable bonds is 12. The average Bonchev–Trinajstić information content (AvgIpc) is 3.22. The molecule has 53 heavy (non-hydrogen) atoms. The smallest absolute Gasteiger partial charge is 0.127 e. The molecule has 0 N–H and O–H groups in total. The minimum atomic E-state index is 0.708. The third-order valence-corrected chi connectivity index (χ3v) is 8.60. The second-order valence-electron chi connectivity index (χ2n) is 12.2. The summed E-state index contributed by atoms with van der Waals surface area (Å²) < 4.78 is 18.5. The number of benzene rings is 8. The number of hydrogen-bond donors (Lipinski definition) is 0. The molecule has 0 fully saturated rings. The molecule has 0 amide bonds. The third kappa shape index (κ3) is 8.06. The molecule has 0 saturated carbocycles. The minimum absolute atomic E-state index is 0.708.